The maximum absolute atomic E-state index is 12.7. The second kappa shape index (κ2) is 4.94. The third kappa shape index (κ3) is 3.53. The van der Waals surface area contributed by atoms with Gasteiger partial charge in [-0.1, -0.05) is 19.1 Å². The van der Waals surface area contributed by atoms with Gasteiger partial charge in [0.05, 0.1) is 0 Å². The summed E-state index contributed by atoms with van der Waals surface area (Å²) < 4.78 is 12.7. The van der Waals surface area contributed by atoms with Crippen molar-refractivity contribution in [1.29, 1.82) is 0 Å². The average Bonchev–Trinajstić information content (AvgIpc) is 2.14. The SMILES string of the molecule is CCC(O)NCc1cccc(F)c1. The van der Waals surface area contributed by atoms with Crippen molar-refractivity contribution in [3.8, 4) is 0 Å². The summed E-state index contributed by atoms with van der Waals surface area (Å²) in [5.41, 5.74) is 0.840. The Bertz CT molecular complexity index is 265. The summed E-state index contributed by atoms with van der Waals surface area (Å²) in [6.07, 6.45) is 0.137. The van der Waals surface area contributed by atoms with Crippen molar-refractivity contribution < 1.29 is 9.50 Å². The minimum absolute atomic E-state index is 0.245. The standard InChI is InChI=1S/C10H14FNO/c1-2-10(13)12-7-8-4-3-5-9(11)6-8/h3-6,10,12-13H,2,7H2,1H3. The van der Waals surface area contributed by atoms with Gasteiger partial charge in [-0.25, -0.2) is 4.39 Å². The Morgan fingerprint density at radius 2 is 2.31 bits per heavy atom. The highest BCUT2D eigenvalue weighted by Gasteiger charge is 1.99. The zero-order valence-electron chi connectivity index (χ0n) is 7.63. The monoisotopic (exact) mass is 183 g/mol. The zero-order valence-corrected chi connectivity index (χ0v) is 7.63. The molecule has 0 aliphatic carbocycles. The Balaban J connectivity index is 2.45. The number of hydrogen-bond donors (Lipinski definition) is 2. The molecule has 0 aromatic heterocycles. The third-order valence-electron chi connectivity index (χ3n) is 1.82. The van der Waals surface area contributed by atoms with Crippen molar-refractivity contribution >= 4 is 0 Å². The molecule has 13 heavy (non-hydrogen) atoms. The molecule has 2 N–H and O–H groups in total. The smallest absolute Gasteiger partial charge is 0.123 e. The molecular weight excluding hydrogens is 169 g/mol. The molecule has 1 aromatic rings. The molecule has 0 radical (unpaired) electrons. The van der Waals surface area contributed by atoms with E-state index >= 15 is 0 Å². The van der Waals surface area contributed by atoms with E-state index in [1.54, 1.807) is 6.07 Å². The second-order valence-corrected chi connectivity index (χ2v) is 2.93. The predicted molar refractivity (Wildman–Crippen MR) is 49.5 cm³/mol. The fourth-order valence-electron chi connectivity index (χ4n) is 1.03. The number of nitrogens with one attached hydrogen (secondary N) is 1. The maximum Gasteiger partial charge on any atom is 0.123 e. The number of aliphatic hydroxyl groups is 1. The summed E-state index contributed by atoms with van der Waals surface area (Å²) in [6, 6.07) is 6.33. The van der Waals surface area contributed by atoms with Crippen LogP contribution in [-0.2, 0) is 6.54 Å². The van der Waals surface area contributed by atoms with Crippen LogP contribution in [-0.4, -0.2) is 11.3 Å². The topological polar surface area (TPSA) is 32.3 Å². The van der Waals surface area contributed by atoms with Crippen molar-refractivity contribution in [3.63, 3.8) is 0 Å². The van der Waals surface area contributed by atoms with Crippen molar-refractivity contribution in [3.05, 3.63) is 35.6 Å². The van der Waals surface area contributed by atoms with E-state index in [4.69, 9.17) is 0 Å². The summed E-state index contributed by atoms with van der Waals surface area (Å²) in [5.74, 6) is -0.245. The molecule has 1 unspecified atom stereocenters. The quantitative estimate of drug-likeness (QED) is 0.695. The van der Waals surface area contributed by atoms with Crippen LogP contribution in [0.25, 0.3) is 0 Å². The van der Waals surface area contributed by atoms with Crippen LogP contribution in [0.1, 0.15) is 18.9 Å². The molecule has 0 spiro atoms. The van der Waals surface area contributed by atoms with Crippen LogP contribution in [0, 0.1) is 5.82 Å². The molecular formula is C10H14FNO. The number of rotatable bonds is 4. The van der Waals surface area contributed by atoms with Crippen molar-refractivity contribution in [2.45, 2.75) is 26.1 Å². The number of aliphatic hydroxyl groups excluding tert-OH is 1. The molecule has 0 saturated carbocycles. The summed E-state index contributed by atoms with van der Waals surface area (Å²) in [5, 5.41) is 12.0. The van der Waals surface area contributed by atoms with E-state index in [2.05, 4.69) is 5.32 Å². The molecule has 1 aromatic carbocycles. The lowest BCUT2D eigenvalue weighted by Crippen LogP contribution is -2.27. The minimum atomic E-state index is -0.511. The summed E-state index contributed by atoms with van der Waals surface area (Å²) >= 11 is 0. The van der Waals surface area contributed by atoms with E-state index in [9.17, 15) is 9.50 Å². The normalized spacial score (nSPS) is 12.8. The summed E-state index contributed by atoms with van der Waals surface area (Å²) in [6.45, 7) is 2.37. The Kier molecular flexibility index (Phi) is 3.86. The van der Waals surface area contributed by atoms with Gasteiger partial charge in [0.15, 0.2) is 0 Å². The lowest BCUT2D eigenvalue weighted by Gasteiger charge is -2.09. The Labute approximate surface area is 77.4 Å². The molecule has 0 heterocycles. The molecule has 0 amide bonds. The van der Waals surface area contributed by atoms with E-state index in [0.717, 1.165) is 5.56 Å². The summed E-state index contributed by atoms with van der Waals surface area (Å²) in [7, 11) is 0. The van der Waals surface area contributed by atoms with Crippen molar-refractivity contribution in [2.24, 2.45) is 0 Å². The summed E-state index contributed by atoms with van der Waals surface area (Å²) in [4.78, 5) is 0. The van der Waals surface area contributed by atoms with Gasteiger partial charge in [-0.2, -0.15) is 0 Å². The molecule has 0 aliphatic rings. The Morgan fingerprint density at radius 3 is 2.92 bits per heavy atom. The van der Waals surface area contributed by atoms with Crippen LogP contribution in [0.4, 0.5) is 4.39 Å². The zero-order chi connectivity index (χ0) is 9.68. The second-order valence-electron chi connectivity index (χ2n) is 2.93. The number of halogens is 1. The van der Waals surface area contributed by atoms with Gasteiger partial charge in [-0.15, -0.1) is 0 Å². The van der Waals surface area contributed by atoms with Crippen LogP contribution in [0.3, 0.4) is 0 Å². The first-order chi connectivity index (χ1) is 6.22. The fourth-order valence-corrected chi connectivity index (χ4v) is 1.03. The molecule has 0 aliphatic heterocycles. The molecule has 0 bridgehead atoms. The highest BCUT2D eigenvalue weighted by atomic mass is 19.1. The minimum Gasteiger partial charge on any atom is -0.379 e. The average molecular weight is 183 g/mol. The molecule has 0 saturated heterocycles. The Morgan fingerprint density at radius 1 is 1.54 bits per heavy atom. The largest absolute Gasteiger partial charge is 0.379 e. The lowest BCUT2D eigenvalue weighted by molar-refractivity contribution is 0.131. The van der Waals surface area contributed by atoms with Gasteiger partial charge < -0.3 is 5.11 Å². The maximum atomic E-state index is 12.7. The molecule has 1 rings (SSSR count). The van der Waals surface area contributed by atoms with Crippen LogP contribution in [0.2, 0.25) is 0 Å². The van der Waals surface area contributed by atoms with Crippen molar-refractivity contribution in [1.82, 2.24) is 5.32 Å². The first-order valence-corrected chi connectivity index (χ1v) is 4.38. The van der Waals surface area contributed by atoms with Gasteiger partial charge in [0.25, 0.3) is 0 Å². The van der Waals surface area contributed by atoms with E-state index in [1.165, 1.54) is 12.1 Å². The molecule has 3 heteroatoms. The van der Waals surface area contributed by atoms with Gasteiger partial charge in [0.1, 0.15) is 12.0 Å². The Hall–Kier alpha value is -0.930. The molecule has 2 nitrogen and oxygen atoms in total. The van der Waals surface area contributed by atoms with E-state index in [-0.39, 0.29) is 5.82 Å². The fraction of sp³-hybridized carbons (Fsp3) is 0.400. The van der Waals surface area contributed by atoms with Crippen LogP contribution in [0.15, 0.2) is 24.3 Å². The predicted octanol–water partition coefficient (Wildman–Crippen LogP) is 1.64. The van der Waals surface area contributed by atoms with Crippen LogP contribution in [0.5, 0.6) is 0 Å². The number of benzene rings is 1. The first-order valence-electron chi connectivity index (χ1n) is 4.38. The highest BCUT2D eigenvalue weighted by molar-refractivity contribution is 5.15. The third-order valence-corrected chi connectivity index (χ3v) is 1.82. The molecule has 72 valence electrons. The van der Waals surface area contributed by atoms with Gasteiger partial charge >= 0.3 is 0 Å². The first kappa shape index (κ1) is 10.2. The number of hydrogen-bond acceptors (Lipinski definition) is 2. The molecule has 0 fully saturated rings. The highest BCUT2D eigenvalue weighted by Crippen LogP contribution is 2.03. The van der Waals surface area contributed by atoms with Gasteiger partial charge in [0, 0.05) is 6.54 Å². The van der Waals surface area contributed by atoms with Gasteiger partial charge in [-0.05, 0) is 24.1 Å². The molecule has 1 atom stereocenters. The van der Waals surface area contributed by atoms with Gasteiger partial charge in [-0.3, -0.25) is 5.32 Å². The van der Waals surface area contributed by atoms with Crippen LogP contribution >= 0.6 is 0 Å². The van der Waals surface area contributed by atoms with Crippen molar-refractivity contribution in [2.75, 3.05) is 0 Å². The van der Waals surface area contributed by atoms with Crippen LogP contribution < -0.4 is 5.32 Å². The van der Waals surface area contributed by atoms with Gasteiger partial charge in [0.2, 0.25) is 0 Å². The van der Waals surface area contributed by atoms with E-state index < -0.39 is 6.23 Å². The van der Waals surface area contributed by atoms with E-state index in [1.807, 2.05) is 13.0 Å². The lowest BCUT2D eigenvalue weighted by atomic mass is 10.2. The van der Waals surface area contributed by atoms with E-state index in [0.29, 0.717) is 13.0 Å².